The highest BCUT2D eigenvalue weighted by atomic mass is 35.5. The average Bonchev–Trinajstić information content (AvgIpc) is 2.94. The van der Waals surface area contributed by atoms with Gasteiger partial charge in [-0.05, 0) is 43.7 Å². The van der Waals surface area contributed by atoms with Gasteiger partial charge in [-0.3, -0.25) is 4.79 Å². The first-order chi connectivity index (χ1) is 9.25. The van der Waals surface area contributed by atoms with E-state index in [1.54, 1.807) is 12.1 Å². The molecule has 20 heavy (non-hydrogen) atoms. The summed E-state index contributed by atoms with van der Waals surface area (Å²) >= 11 is 0. The average molecular weight is 303 g/mol. The number of amides is 1. The lowest BCUT2D eigenvalue weighted by molar-refractivity contribution is -0.124. The quantitative estimate of drug-likeness (QED) is 0.787. The van der Waals surface area contributed by atoms with Crippen molar-refractivity contribution < 1.29 is 13.9 Å². The lowest BCUT2D eigenvalue weighted by Gasteiger charge is -2.10. The molecule has 1 unspecified atom stereocenters. The maximum absolute atomic E-state index is 12.7. The van der Waals surface area contributed by atoms with E-state index in [2.05, 4.69) is 10.6 Å². The normalized spacial score (nSPS) is 17.4. The molecule has 1 fully saturated rings. The molecule has 1 amide bonds. The van der Waals surface area contributed by atoms with E-state index < -0.39 is 0 Å². The molecule has 4 nitrogen and oxygen atoms in total. The van der Waals surface area contributed by atoms with Crippen LogP contribution in [0, 0.1) is 11.7 Å². The molecule has 1 saturated heterocycles. The number of carbonyl (C=O) groups excluding carboxylic acids is 1. The predicted octanol–water partition coefficient (Wildman–Crippen LogP) is 1.74. The van der Waals surface area contributed by atoms with Gasteiger partial charge < -0.3 is 15.4 Å². The number of hydrogen-bond acceptors (Lipinski definition) is 3. The van der Waals surface area contributed by atoms with Crippen molar-refractivity contribution in [1.82, 2.24) is 10.6 Å². The van der Waals surface area contributed by atoms with Crippen molar-refractivity contribution in [2.45, 2.75) is 12.8 Å². The maximum atomic E-state index is 12.7. The molecule has 112 valence electrons. The van der Waals surface area contributed by atoms with E-state index in [-0.39, 0.29) is 30.0 Å². The molecule has 1 aromatic rings. The molecule has 0 saturated carbocycles. The Morgan fingerprint density at radius 1 is 1.40 bits per heavy atom. The number of nitrogens with one attached hydrogen (secondary N) is 2. The molecule has 1 atom stereocenters. The van der Waals surface area contributed by atoms with Crippen LogP contribution in [-0.4, -0.2) is 32.1 Å². The van der Waals surface area contributed by atoms with Crippen molar-refractivity contribution >= 4 is 18.3 Å². The largest absolute Gasteiger partial charge is 0.494 e. The highest BCUT2D eigenvalue weighted by molar-refractivity contribution is 5.85. The standard InChI is InChI=1S/C14H19FN2O2.ClH/c15-12-2-4-13(5-3-12)19-9-1-7-17-14(18)11-6-8-16-10-11;/h2-5,11,16H,1,6-10H2,(H,17,18);1H. The lowest BCUT2D eigenvalue weighted by Crippen LogP contribution is -2.33. The second kappa shape index (κ2) is 8.76. The molecule has 1 aliphatic rings. The van der Waals surface area contributed by atoms with E-state index in [1.807, 2.05) is 0 Å². The smallest absolute Gasteiger partial charge is 0.224 e. The summed E-state index contributed by atoms with van der Waals surface area (Å²) in [4.78, 5) is 11.7. The monoisotopic (exact) mass is 302 g/mol. The zero-order valence-electron chi connectivity index (χ0n) is 11.2. The van der Waals surface area contributed by atoms with Crippen molar-refractivity contribution in [1.29, 1.82) is 0 Å². The van der Waals surface area contributed by atoms with Crippen molar-refractivity contribution in [3.05, 3.63) is 30.1 Å². The van der Waals surface area contributed by atoms with Crippen LogP contribution in [0.2, 0.25) is 0 Å². The van der Waals surface area contributed by atoms with Crippen LogP contribution in [0.1, 0.15) is 12.8 Å². The van der Waals surface area contributed by atoms with Gasteiger partial charge in [-0.1, -0.05) is 0 Å². The number of carbonyl (C=O) groups is 1. The number of ether oxygens (including phenoxy) is 1. The summed E-state index contributed by atoms with van der Waals surface area (Å²) in [5.74, 6) is 0.599. The third-order valence-corrected chi connectivity index (χ3v) is 3.13. The second-order valence-electron chi connectivity index (χ2n) is 4.64. The highest BCUT2D eigenvalue weighted by Crippen LogP contribution is 2.11. The minimum absolute atomic E-state index is 0. The summed E-state index contributed by atoms with van der Waals surface area (Å²) in [6.45, 7) is 2.81. The van der Waals surface area contributed by atoms with E-state index in [9.17, 15) is 9.18 Å². The third-order valence-electron chi connectivity index (χ3n) is 3.13. The molecule has 2 N–H and O–H groups in total. The Morgan fingerprint density at radius 3 is 2.80 bits per heavy atom. The summed E-state index contributed by atoms with van der Waals surface area (Å²) in [6.07, 6.45) is 1.65. The molecule has 0 radical (unpaired) electrons. The molecule has 0 bridgehead atoms. The van der Waals surface area contributed by atoms with Crippen LogP contribution in [0.3, 0.4) is 0 Å². The van der Waals surface area contributed by atoms with E-state index >= 15 is 0 Å². The zero-order valence-corrected chi connectivity index (χ0v) is 12.0. The second-order valence-corrected chi connectivity index (χ2v) is 4.64. The fourth-order valence-electron chi connectivity index (χ4n) is 2.03. The van der Waals surface area contributed by atoms with Gasteiger partial charge in [0, 0.05) is 13.1 Å². The van der Waals surface area contributed by atoms with Gasteiger partial charge in [0.15, 0.2) is 0 Å². The summed E-state index contributed by atoms with van der Waals surface area (Å²) in [5.41, 5.74) is 0. The van der Waals surface area contributed by atoms with Crippen LogP contribution in [0.25, 0.3) is 0 Å². The molecule has 2 rings (SSSR count). The van der Waals surface area contributed by atoms with Gasteiger partial charge in [0.2, 0.25) is 5.91 Å². The van der Waals surface area contributed by atoms with Gasteiger partial charge in [0.1, 0.15) is 11.6 Å². The first-order valence-corrected chi connectivity index (χ1v) is 6.62. The van der Waals surface area contributed by atoms with E-state index in [0.29, 0.717) is 18.9 Å². The van der Waals surface area contributed by atoms with E-state index in [0.717, 1.165) is 25.9 Å². The number of hydrogen-bond donors (Lipinski definition) is 2. The van der Waals surface area contributed by atoms with Gasteiger partial charge in [-0.25, -0.2) is 4.39 Å². The van der Waals surface area contributed by atoms with Crippen LogP contribution in [0.15, 0.2) is 24.3 Å². The molecule has 0 aromatic heterocycles. The van der Waals surface area contributed by atoms with Gasteiger partial charge in [0.25, 0.3) is 0 Å². The molecule has 1 heterocycles. The molecule has 0 aliphatic carbocycles. The third kappa shape index (κ3) is 5.35. The maximum Gasteiger partial charge on any atom is 0.224 e. The molecule has 1 aliphatic heterocycles. The van der Waals surface area contributed by atoms with Gasteiger partial charge >= 0.3 is 0 Å². The van der Waals surface area contributed by atoms with Crippen LogP contribution in [-0.2, 0) is 4.79 Å². The summed E-state index contributed by atoms with van der Waals surface area (Å²) in [5, 5.41) is 6.07. The van der Waals surface area contributed by atoms with Gasteiger partial charge in [0.05, 0.1) is 12.5 Å². The Hall–Kier alpha value is -1.33. The first-order valence-electron chi connectivity index (χ1n) is 6.62. The number of halogens is 2. The van der Waals surface area contributed by atoms with Crippen molar-refractivity contribution in [2.24, 2.45) is 5.92 Å². The Kier molecular flexibility index (Phi) is 7.33. The fourth-order valence-corrected chi connectivity index (χ4v) is 2.03. The fraction of sp³-hybridized carbons (Fsp3) is 0.500. The zero-order chi connectivity index (χ0) is 13.5. The Bertz CT molecular complexity index is 408. The number of rotatable bonds is 6. The summed E-state index contributed by atoms with van der Waals surface area (Å²) < 4.78 is 18.1. The van der Waals surface area contributed by atoms with Crippen molar-refractivity contribution in [3.8, 4) is 5.75 Å². The minimum atomic E-state index is -0.273. The van der Waals surface area contributed by atoms with Crippen LogP contribution in [0.4, 0.5) is 4.39 Å². The predicted molar refractivity (Wildman–Crippen MR) is 77.7 cm³/mol. The van der Waals surface area contributed by atoms with E-state index in [1.165, 1.54) is 12.1 Å². The highest BCUT2D eigenvalue weighted by Gasteiger charge is 2.21. The molecular weight excluding hydrogens is 283 g/mol. The molecular formula is C14H20ClFN2O2. The first kappa shape index (κ1) is 16.7. The number of benzene rings is 1. The summed E-state index contributed by atoms with van der Waals surface area (Å²) in [7, 11) is 0. The van der Waals surface area contributed by atoms with Gasteiger partial charge in [-0.2, -0.15) is 0 Å². The minimum Gasteiger partial charge on any atom is -0.494 e. The SMILES string of the molecule is Cl.O=C(NCCCOc1ccc(F)cc1)C1CCNC1. The van der Waals surface area contributed by atoms with Crippen LogP contribution >= 0.6 is 12.4 Å². The molecule has 0 spiro atoms. The lowest BCUT2D eigenvalue weighted by atomic mass is 10.1. The van der Waals surface area contributed by atoms with Crippen LogP contribution in [0.5, 0.6) is 5.75 Å². The Labute approximate surface area is 124 Å². The molecule has 1 aromatic carbocycles. The summed E-state index contributed by atoms with van der Waals surface area (Å²) in [6, 6.07) is 5.92. The Morgan fingerprint density at radius 2 is 2.15 bits per heavy atom. The van der Waals surface area contributed by atoms with Crippen molar-refractivity contribution in [2.75, 3.05) is 26.2 Å². The topological polar surface area (TPSA) is 50.4 Å². The van der Waals surface area contributed by atoms with Crippen LogP contribution < -0.4 is 15.4 Å². The Balaban J connectivity index is 0.00000200. The van der Waals surface area contributed by atoms with E-state index in [4.69, 9.17) is 4.74 Å². The van der Waals surface area contributed by atoms with Gasteiger partial charge in [-0.15, -0.1) is 12.4 Å². The molecule has 6 heteroatoms. The van der Waals surface area contributed by atoms with Crippen molar-refractivity contribution in [3.63, 3.8) is 0 Å².